The molecule has 0 aliphatic carbocycles. The molecule has 0 aromatic rings. The van der Waals surface area contributed by atoms with Crippen LogP contribution in [-0.2, 0) is 0 Å². The fourth-order valence-electron chi connectivity index (χ4n) is 0.0772. The zero-order chi connectivity index (χ0) is 4.99. The molecule has 0 fully saturated rings. The van der Waals surface area contributed by atoms with Crippen LogP contribution in [0.25, 0.3) is 0 Å². The summed E-state index contributed by atoms with van der Waals surface area (Å²) in [5.41, 5.74) is 0.801. The summed E-state index contributed by atoms with van der Waals surface area (Å²) in [6, 6.07) is 0. The van der Waals surface area contributed by atoms with Crippen LogP contribution in [0.5, 0.6) is 0 Å². The Bertz CT molecular complexity index is 55.0. The average molecular weight is 88.1 g/mol. The summed E-state index contributed by atoms with van der Waals surface area (Å²) in [5, 5.41) is 0. The second kappa shape index (κ2) is 2.88. The van der Waals surface area contributed by atoms with Gasteiger partial charge in [-0.2, -0.15) is 0 Å². The maximum atomic E-state index is 11.2. The summed E-state index contributed by atoms with van der Waals surface area (Å²) in [4.78, 5) is 0. The van der Waals surface area contributed by atoms with Crippen molar-refractivity contribution in [2.24, 2.45) is 0 Å². The van der Waals surface area contributed by atoms with Gasteiger partial charge in [0.15, 0.2) is 0 Å². The lowest BCUT2D eigenvalue weighted by Gasteiger charge is -1.82. The van der Waals surface area contributed by atoms with Gasteiger partial charge in [0.1, 0.15) is 0 Å². The molecule has 1 heteroatoms. The second-order valence-corrected chi connectivity index (χ2v) is 1.31. The normalized spacial score (nSPS) is 12.2. The first-order chi connectivity index (χ1) is 2.81. The molecular weight excluding hydrogens is 79.1 g/mol. The van der Waals surface area contributed by atoms with E-state index >= 15 is 0 Å². The quantitative estimate of drug-likeness (QED) is 0.461. The lowest BCUT2D eigenvalue weighted by molar-refractivity contribution is 0.703. The molecule has 0 aromatic heterocycles. The third-order valence-electron chi connectivity index (χ3n) is 0.744. The molecule has 0 bridgehead atoms. The first kappa shape index (κ1) is 5.67. The maximum absolute atomic E-state index is 11.2. The van der Waals surface area contributed by atoms with E-state index in [9.17, 15) is 4.39 Å². The van der Waals surface area contributed by atoms with Gasteiger partial charge in [-0.1, -0.05) is 6.92 Å². The second-order valence-electron chi connectivity index (χ2n) is 1.31. The Morgan fingerprint density at radius 2 is 2.33 bits per heavy atom. The van der Waals surface area contributed by atoms with Crippen LogP contribution in [0, 0.1) is 0 Å². The van der Waals surface area contributed by atoms with E-state index in [4.69, 9.17) is 0 Å². The lowest BCUT2D eigenvalue weighted by Crippen LogP contribution is -1.63. The van der Waals surface area contributed by atoms with Crippen molar-refractivity contribution in [3.63, 3.8) is 0 Å². The molecule has 0 aromatic carbocycles. The van der Waals surface area contributed by atoms with E-state index < -0.39 is 0 Å². The molecule has 0 aliphatic rings. The predicted octanol–water partition coefficient (Wildman–Crippen LogP) is 2.27. The summed E-state index contributed by atoms with van der Waals surface area (Å²) in [7, 11) is 0. The van der Waals surface area contributed by atoms with E-state index in [0.29, 0.717) is 6.33 Å². The van der Waals surface area contributed by atoms with Crippen LogP contribution in [0.2, 0.25) is 0 Å². The van der Waals surface area contributed by atoms with E-state index in [-0.39, 0.29) is 0 Å². The van der Waals surface area contributed by atoms with Gasteiger partial charge in [0.25, 0.3) is 0 Å². The zero-order valence-electron chi connectivity index (χ0n) is 4.16. The minimum Gasteiger partial charge on any atom is -0.216 e. The van der Waals surface area contributed by atoms with Crippen molar-refractivity contribution in [1.29, 1.82) is 0 Å². The monoisotopic (exact) mass is 88.1 g/mol. The van der Waals surface area contributed by atoms with Crippen molar-refractivity contribution in [3.8, 4) is 0 Å². The first-order valence-electron chi connectivity index (χ1n) is 2.07. The van der Waals surface area contributed by atoms with E-state index in [1.807, 2.05) is 6.92 Å². The standard InChI is InChI=1S/C5H9F/c1-3-5(2)4-6/h4H,3H2,1-2H3/b5-4+. The van der Waals surface area contributed by atoms with Crippen LogP contribution >= 0.6 is 0 Å². The molecule has 0 rings (SSSR count). The Balaban J connectivity index is 3.22. The Labute approximate surface area is 37.7 Å². The van der Waals surface area contributed by atoms with Crippen molar-refractivity contribution in [1.82, 2.24) is 0 Å². The molecule has 0 N–H and O–H groups in total. The van der Waals surface area contributed by atoms with Crippen LogP contribution in [-0.4, -0.2) is 0 Å². The Hall–Kier alpha value is -0.330. The van der Waals surface area contributed by atoms with Crippen LogP contribution in [0.15, 0.2) is 11.9 Å². The van der Waals surface area contributed by atoms with E-state index in [2.05, 4.69) is 0 Å². The lowest BCUT2D eigenvalue weighted by atomic mass is 10.3. The summed E-state index contributed by atoms with van der Waals surface area (Å²) in [5.74, 6) is 0. The molecule has 0 atom stereocenters. The van der Waals surface area contributed by atoms with Gasteiger partial charge in [-0.15, -0.1) is 0 Å². The van der Waals surface area contributed by atoms with Gasteiger partial charge in [-0.3, -0.25) is 0 Å². The molecule has 0 heterocycles. The van der Waals surface area contributed by atoms with Crippen LogP contribution in [0.3, 0.4) is 0 Å². The topological polar surface area (TPSA) is 0 Å². The highest BCUT2D eigenvalue weighted by Crippen LogP contribution is 1.95. The van der Waals surface area contributed by atoms with E-state index in [1.165, 1.54) is 0 Å². The predicted molar refractivity (Wildman–Crippen MR) is 25.2 cm³/mol. The molecule has 0 amide bonds. The van der Waals surface area contributed by atoms with Crippen LogP contribution in [0.4, 0.5) is 4.39 Å². The largest absolute Gasteiger partial charge is 0.216 e. The Morgan fingerprint density at radius 3 is 2.33 bits per heavy atom. The summed E-state index contributed by atoms with van der Waals surface area (Å²) >= 11 is 0. The highest BCUT2D eigenvalue weighted by atomic mass is 19.1. The van der Waals surface area contributed by atoms with Gasteiger partial charge in [0.2, 0.25) is 0 Å². The maximum Gasteiger partial charge on any atom is 0.0856 e. The third-order valence-corrected chi connectivity index (χ3v) is 0.744. The molecule has 36 valence electrons. The number of halogens is 1. The molecule has 0 saturated carbocycles. The van der Waals surface area contributed by atoms with Crippen LogP contribution in [0.1, 0.15) is 20.3 Å². The van der Waals surface area contributed by atoms with Crippen molar-refractivity contribution in [3.05, 3.63) is 11.9 Å². The van der Waals surface area contributed by atoms with Crippen molar-refractivity contribution in [2.45, 2.75) is 20.3 Å². The van der Waals surface area contributed by atoms with Crippen molar-refractivity contribution >= 4 is 0 Å². The van der Waals surface area contributed by atoms with E-state index in [1.54, 1.807) is 6.92 Å². The van der Waals surface area contributed by atoms with Gasteiger partial charge in [-0.05, 0) is 18.9 Å². The molecular formula is C5H9F. The first-order valence-corrected chi connectivity index (χ1v) is 2.07. The highest BCUT2D eigenvalue weighted by Gasteiger charge is 1.76. The van der Waals surface area contributed by atoms with Gasteiger partial charge in [0.05, 0.1) is 6.33 Å². The summed E-state index contributed by atoms with van der Waals surface area (Å²) in [6.07, 6.45) is 1.45. The number of allylic oxidation sites excluding steroid dienone is 1. The Morgan fingerprint density at radius 1 is 1.83 bits per heavy atom. The average Bonchev–Trinajstić information content (AvgIpc) is 1.65. The van der Waals surface area contributed by atoms with Crippen LogP contribution < -0.4 is 0 Å². The number of hydrogen-bond acceptors (Lipinski definition) is 0. The summed E-state index contributed by atoms with van der Waals surface area (Å²) < 4.78 is 11.2. The van der Waals surface area contributed by atoms with Gasteiger partial charge in [-0.25, -0.2) is 4.39 Å². The summed E-state index contributed by atoms with van der Waals surface area (Å²) in [6.45, 7) is 3.69. The van der Waals surface area contributed by atoms with Gasteiger partial charge < -0.3 is 0 Å². The van der Waals surface area contributed by atoms with Crippen molar-refractivity contribution in [2.75, 3.05) is 0 Å². The third kappa shape index (κ3) is 1.94. The highest BCUT2D eigenvalue weighted by molar-refractivity contribution is 4.89. The molecule has 0 radical (unpaired) electrons. The molecule has 0 spiro atoms. The molecule has 0 saturated heterocycles. The van der Waals surface area contributed by atoms with E-state index in [0.717, 1.165) is 12.0 Å². The minimum atomic E-state index is 0.639. The van der Waals surface area contributed by atoms with Gasteiger partial charge in [0, 0.05) is 0 Å². The minimum absolute atomic E-state index is 0.639. The molecule has 0 nitrogen and oxygen atoms in total. The molecule has 0 aliphatic heterocycles. The SMILES string of the molecule is CC/C(C)=C/F. The fourth-order valence-corrected chi connectivity index (χ4v) is 0.0772. The number of rotatable bonds is 1. The fraction of sp³-hybridized carbons (Fsp3) is 0.600. The van der Waals surface area contributed by atoms with Gasteiger partial charge >= 0.3 is 0 Å². The Kier molecular flexibility index (Phi) is 2.73. The van der Waals surface area contributed by atoms with Crippen molar-refractivity contribution < 1.29 is 4.39 Å². The molecule has 0 unspecified atom stereocenters. The number of hydrogen-bond donors (Lipinski definition) is 0. The molecule has 6 heavy (non-hydrogen) atoms. The smallest absolute Gasteiger partial charge is 0.0856 e. The zero-order valence-corrected chi connectivity index (χ0v) is 4.16.